The van der Waals surface area contributed by atoms with Gasteiger partial charge in [0, 0.05) is 19.0 Å². The third-order valence-corrected chi connectivity index (χ3v) is 3.26. The first-order valence-electron chi connectivity index (χ1n) is 5.86. The molecule has 0 aromatic heterocycles. The Bertz CT molecular complexity index is 491. The molecule has 1 saturated heterocycles. The molecule has 1 fully saturated rings. The van der Waals surface area contributed by atoms with Gasteiger partial charge in [0.1, 0.15) is 12.0 Å². The number of piperidine rings is 1. The highest BCUT2D eigenvalue weighted by Gasteiger charge is 2.25. The van der Waals surface area contributed by atoms with E-state index in [1.54, 1.807) is 0 Å². The summed E-state index contributed by atoms with van der Waals surface area (Å²) in [5.41, 5.74) is -0.864. The Labute approximate surface area is 108 Å². The van der Waals surface area contributed by atoms with Crippen LogP contribution in [0.15, 0.2) is 12.1 Å². The number of carbonyl (C=O) groups excluding carboxylic acids is 1. The van der Waals surface area contributed by atoms with Crippen molar-refractivity contribution in [3.8, 4) is 0 Å². The number of nitro benzene ring substituents is 1. The summed E-state index contributed by atoms with van der Waals surface area (Å²) in [6.07, 6.45) is 1.90. The Morgan fingerprint density at radius 2 is 1.79 bits per heavy atom. The Balaban J connectivity index is 2.26. The maximum Gasteiger partial charge on any atom is 0.275 e. The van der Waals surface area contributed by atoms with Crippen LogP contribution in [0.1, 0.15) is 12.8 Å². The van der Waals surface area contributed by atoms with Crippen molar-refractivity contribution in [1.29, 1.82) is 0 Å². The molecule has 1 aliphatic heterocycles. The molecule has 1 aliphatic rings. The second kappa shape index (κ2) is 5.29. The first-order chi connectivity index (χ1) is 9.02. The summed E-state index contributed by atoms with van der Waals surface area (Å²) in [6, 6.07) is 1.43. The van der Waals surface area contributed by atoms with E-state index in [1.807, 2.05) is 0 Å². The van der Waals surface area contributed by atoms with Crippen LogP contribution >= 0.6 is 0 Å². The quantitative estimate of drug-likeness (QED) is 0.480. The molecule has 7 heteroatoms. The van der Waals surface area contributed by atoms with Gasteiger partial charge in [0.15, 0.2) is 11.6 Å². The molecule has 1 heterocycles. The lowest BCUT2D eigenvalue weighted by molar-refractivity contribution is -0.385. The summed E-state index contributed by atoms with van der Waals surface area (Å²) < 4.78 is 27.6. The largest absolute Gasteiger partial charge is 0.367 e. The van der Waals surface area contributed by atoms with Crippen LogP contribution in [0.4, 0.5) is 20.2 Å². The second-order valence-corrected chi connectivity index (χ2v) is 4.48. The first kappa shape index (κ1) is 13.4. The lowest BCUT2D eigenvalue weighted by Gasteiger charge is -2.31. The summed E-state index contributed by atoms with van der Waals surface area (Å²) in [5, 5.41) is 10.5. The SMILES string of the molecule is O=CC1CCN(c2c(F)cc([N+](=O)[O-])cc2F)CC1. The normalized spacial score (nSPS) is 16.4. The van der Waals surface area contributed by atoms with Crippen LogP contribution in [-0.4, -0.2) is 24.3 Å². The number of hydrogen-bond acceptors (Lipinski definition) is 4. The zero-order chi connectivity index (χ0) is 14.0. The molecule has 5 nitrogen and oxygen atoms in total. The molecule has 0 bridgehead atoms. The Morgan fingerprint density at radius 3 is 2.21 bits per heavy atom. The van der Waals surface area contributed by atoms with Crippen LogP contribution in [0.3, 0.4) is 0 Å². The average molecular weight is 270 g/mol. The molecule has 0 radical (unpaired) electrons. The molecule has 0 spiro atoms. The van der Waals surface area contributed by atoms with Gasteiger partial charge in [-0.25, -0.2) is 8.78 Å². The van der Waals surface area contributed by atoms with E-state index in [0.717, 1.165) is 6.29 Å². The predicted molar refractivity (Wildman–Crippen MR) is 64.0 cm³/mol. The number of carbonyl (C=O) groups is 1. The highest BCUT2D eigenvalue weighted by molar-refractivity contribution is 5.57. The van der Waals surface area contributed by atoms with E-state index in [2.05, 4.69) is 0 Å². The van der Waals surface area contributed by atoms with Crippen molar-refractivity contribution in [3.05, 3.63) is 33.9 Å². The number of anilines is 1. The summed E-state index contributed by atoms with van der Waals surface area (Å²) in [7, 11) is 0. The topological polar surface area (TPSA) is 63.5 Å². The molecular formula is C12H12F2N2O3. The number of benzene rings is 1. The van der Waals surface area contributed by atoms with Crippen molar-refractivity contribution in [2.24, 2.45) is 5.92 Å². The van der Waals surface area contributed by atoms with Gasteiger partial charge in [0.2, 0.25) is 0 Å². The van der Waals surface area contributed by atoms with E-state index >= 15 is 0 Å². The fourth-order valence-electron chi connectivity index (χ4n) is 2.22. The molecule has 102 valence electrons. The summed E-state index contributed by atoms with van der Waals surface area (Å²) >= 11 is 0. The van der Waals surface area contributed by atoms with Crippen LogP contribution in [0.2, 0.25) is 0 Å². The molecule has 0 atom stereocenters. The Hall–Kier alpha value is -2.05. The van der Waals surface area contributed by atoms with Gasteiger partial charge in [0.05, 0.1) is 17.1 Å². The van der Waals surface area contributed by atoms with Crippen molar-refractivity contribution in [2.75, 3.05) is 18.0 Å². The molecule has 0 N–H and O–H groups in total. The molecule has 2 rings (SSSR count). The minimum Gasteiger partial charge on any atom is -0.367 e. The number of rotatable bonds is 3. The maximum atomic E-state index is 13.8. The minimum absolute atomic E-state index is 0.0829. The second-order valence-electron chi connectivity index (χ2n) is 4.48. The standard InChI is InChI=1S/C12H12F2N2O3/c13-10-5-9(16(18)19)6-11(14)12(10)15-3-1-8(7-17)2-4-15/h5-8H,1-4H2. The van der Waals surface area contributed by atoms with Gasteiger partial charge in [-0.2, -0.15) is 0 Å². The smallest absolute Gasteiger partial charge is 0.275 e. The minimum atomic E-state index is -0.948. The number of nitro groups is 1. The fourth-order valence-corrected chi connectivity index (χ4v) is 2.22. The van der Waals surface area contributed by atoms with Gasteiger partial charge < -0.3 is 9.69 Å². The Morgan fingerprint density at radius 1 is 1.26 bits per heavy atom. The number of hydrogen-bond donors (Lipinski definition) is 0. The number of halogens is 2. The lowest BCUT2D eigenvalue weighted by atomic mass is 9.98. The van der Waals surface area contributed by atoms with Crippen molar-refractivity contribution in [3.63, 3.8) is 0 Å². The zero-order valence-corrected chi connectivity index (χ0v) is 10.0. The maximum absolute atomic E-state index is 13.8. The van der Waals surface area contributed by atoms with Crippen molar-refractivity contribution >= 4 is 17.7 Å². The molecule has 0 saturated carbocycles. The van der Waals surface area contributed by atoms with Gasteiger partial charge in [-0.15, -0.1) is 0 Å². The number of nitrogens with zero attached hydrogens (tertiary/aromatic N) is 2. The molecule has 0 unspecified atom stereocenters. The molecule has 1 aromatic rings. The average Bonchev–Trinajstić information content (AvgIpc) is 2.38. The van der Waals surface area contributed by atoms with Gasteiger partial charge in [-0.05, 0) is 12.8 Å². The van der Waals surface area contributed by atoms with Crippen molar-refractivity contribution in [2.45, 2.75) is 12.8 Å². The van der Waals surface area contributed by atoms with Crippen LogP contribution in [0, 0.1) is 27.7 Å². The molecular weight excluding hydrogens is 258 g/mol. The van der Waals surface area contributed by atoms with E-state index in [-0.39, 0.29) is 11.6 Å². The van der Waals surface area contributed by atoms with E-state index in [1.165, 1.54) is 4.90 Å². The van der Waals surface area contributed by atoms with E-state index in [4.69, 9.17) is 0 Å². The number of non-ortho nitro benzene ring substituents is 1. The molecule has 0 aliphatic carbocycles. The molecule has 19 heavy (non-hydrogen) atoms. The predicted octanol–water partition coefficient (Wildman–Crippen LogP) is 2.29. The van der Waals surface area contributed by atoms with Gasteiger partial charge in [0.25, 0.3) is 5.69 Å². The van der Waals surface area contributed by atoms with Crippen molar-refractivity contribution in [1.82, 2.24) is 0 Å². The third-order valence-electron chi connectivity index (χ3n) is 3.26. The first-order valence-corrected chi connectivity index (χ1v) is 5.86. The zero-order valence-electron chi connectivity index (χ0n) is 10.0. The molecule has 0 amide bonds. The summed E-state index contributed by atoms with van der Waals surface area (Å²) in [6.45, 7) is 0.712. The van der Waals surface area contributed by atoms with Crippen LogP contribution in [-0.2, 0) is 4.79 Å². The lowest BCUT2D eigenvalue weighted by Crippen LogP contribution is -2.35. The van der Waals surface area contributed by atoms with Gasteiger partial charge in [-0.3, -0.25) is 10.1 Å². The van der Waals surface area contributed by atoms with E-state index in [0.29, 0.717) is 38.1 Å². The van der Waals surface area contributed by atoms with E-state index in [9.17, 15) is 23.7 Å². The third kappa shape index (κ3) is 2.69. The highest BCUT2D eigenvalue weighted by Crippen LogP contribution is 2.30. The fraction of sp³-hybridized carbons (Fsp3) is 0.417. The number of aldehydes is 1. The molecule has 1 aromatic carbocycles. The van der Waals surface area contributed by atoms with Gasteiger partial charge in [-0.1, -0.05) is 0 Å². The Kier molecular flexibility index (Phi) is 3.73. The monoisotopic (exact) mass is 270 g/mol. The van der Waals surface area contributed by atoms with Crippen LogP contribution < -0.4 is 4.90 Å². The van der Waals surface area contributed by atoms with Crippen LogP contribution in [0.5, 0.6) is 0 Å². The summed E-state index contributed by atoms with van der Waals surface area (Å²) in [5.74, 6) is -1.98. The van der Waals surface area contributed by atoms with Gasteiger partial charge >= 0.3 is 0 Å². The summed E-state index contributed by atoms with van der Waals surface area (Å²) in [4.78, 5) is 21.8. The van der Waals surface area contributed by atoms with Crippen LogP contribution in [0.25, 0.3) is 0 Å². The van der Waals surface area contributed by atoms with E-state index < -0.39 is 22.2 Å². The van der Waals surface area contributed by atoms with Crippen molar-refractivity contribution < 1.29 is 18.5 Å². The highest BCUT2D eigenvalue weighted by atomic mass is 19.1.